The highest BCUT2D eigenvalue weighted by Gasteiger charge is 2.45. The number of carbonyl (C=O) groups is 1. The lowest BCUT2D eigenvalue weighted by molar-refractivity contribution is -0.123. The van der Waals surface area contributed by atoms with Crippen molar-refractivity contribution in [3.05, 3.63) is 52.5 Å². The lowest BCUT2D eigenvalue weighted by atomic mass is 9.73. The number of para-hydroxylation sites is 1. The minimum absolute atomic E-state index is 0.0617. The Labute approximate surface area is 207 Å². The van der Waals surface area contributed by atoms with Crippen LogP contribution >= 0.6 is 11.6 Å². The highest BCUT2D eigenvalue weighted by atomic mass is 35.5. The molecule has 0 radical (unpaired) electrons. The molecule has 1 spiro atoms. The van der Waals surface area contributed by atoms with Crippen molar-refractivity contribution < 1.29 is 19.0 Å². The van der Waals surface area contributed by atoms with E-state index in [-0.39, 0.29) is 23.7 Å². The van der Waals surface area contributed by atoms with E-state index in [1.807, 2.05) is 30.3 Å². The number of carbonyl (C=O) groups excluding carboxylic acids is 1. The number of methoxy groups -OCH3 is 1. The van der Waals surface area contributed by atoms with E-state index >= 15 is 0 Å². The summed E-state index contributed by atoms with van der Waals surface area (Å²) in [6, 6.07) is 11.7. The predicted octanol–water partition coefficient (Wildman–Crippen LogP) is 6.56. The third kappa shape index (κ3) is 5.00. The van der Waals surface area contributed by atoms with Crippen molar-refractivity contribution >= 4 is 17.5 Å². The summed E-state index contributed by atoms with van der Waals surface area (Å²) in [6.07, 6.45) is 10.9. The fraction of sp³-hybridized carbons (Fsp3) is 0.536. The lowest BCUT2D eigenvalue weighted by Gasteiger charge is -2.48. The highest BCUT2D eigenvalue weighted by molar-refractivity contribution is 6.30. The Morgan fingerprint density at radius 1 is 1.18 bits per heavy atom. The number of aryl methyl sites for hydroxylation is 1. The van der Waals surface area contributed by atoms with Gasteiger partial charge in [-0.2, -0.15) is 0 Å². The molecule has 2 aromatic carbocycles. The van der Waals surface area contributed by atoms with Crippen LogP contribution in [0.1, 0.15) is 81.4 Å². The third-order valence-electron chi connectivity index (χ3n) is 7.57. The van der Waals surface area contributed by atoms with Crippen LogP contribution in [0.3, 0.4) is 0 Å². The molecule has 1 amide bonds. The lowest BCUT2D eigenvalue weighted by Crippen LogP contribution is -2.49. The van der Waals surface area contributed by atoms with Crippen LogP contribution in [0, 0.1) is 0 Å². The van der Waals surface area contributed by atoms with Gasteiger partial charge in [0.1, 0.15) is 11.4 Å². The molecule has 6 heteroatoms. The third-order valence-corrected chi connectivity index (χ3v) is 7.80. The van der Waals surface area contributed by atoms with E-state index < -0.39 is 0 Å². The van der Waals surface area contributed by atoms with Crippen molar-refractivity contribution in [1.29, 1.82) is 0 Å². The molecular weight excluding hydrogens is 450 g/mol. The van der Waals surface area contributed by atoms with E-state index in [0.29, 0.717) is 11.4 Å². The quantitative estimate of drug-likeness (QED) is 0.462. The largest absolute Gasteiger partial charge is 0.493 e. The standard InChI is InChI=1S/C28H34ClNO4/c1-32-25-11-4-7-19(27(25)33-21-9-2-3-10-21)8-5-12-26(31)30-23-18-28(15-6-16-28)34-24-14-13-20(29)17-22(23)24/h4,7,11,13-14,17,21,23H,2-3,5-6,8-10,12,15-16,18H2,1H3,(H,30,31)/t23-/m0/s1. The van der Waals surface area contributed by atoms with Crippen LogP contribution in [0.4, 0.5) is 0 Å². The maximum atomic E-state index is 13.0. The molecule has 0 unspecified atom stereocenters. The van der Waals surface area contributed by atoms with Crippen molar-refractivity contribution in [3.63, 3.8) is 0 Å². The van der Waals surface area contributed by atoms with E-state index in [0.717, 1.165) is 73.3 Å². The molecule has 5 nitrogen and oxygen atoms in total. The number of amides is 1. The maximum Gasteiger partial charge on any atom is 0.220 e. The second kappa shape index (κ2) is 10.1. The second-order valence-electron chi connectivity index (χ2n) is 9.97. The number of ether oxygens (including phenoxy) is 3. The number of fused-ring (bicyclic) bond motifs is 1. The van der Waals surface area contributed by atoms with Gasteiger partial charge in [-0.15, -0.1) is 0 Å². The molecule has 1 aliphatic heterocycles. The first-order chi connectivity index (χ1) is 16.5. The van der Waals surface area contributed by atoms with E-state index in [4.69, 9.17) is 25.8 Å². The van der Waals surface area contributed by atoms with Crippen LogP contribution in [0.2, 0.25) is 5.02 Å². The van der Waals surface area contributed by atoms with Crippen molar-refractivity contribution in [3.8, 4) is 17.2 Å². The second-order valence-corrected chi connectivity index (χ2v) is 10.4. The van der Waals surface area contributed by atoms with E-state index in [1.54, 1.807) is 7.11 Å². The first-order valence-corrected chi connectivity index (χ1v) is 13.0. The number of rotatable bonds is 8. The van der Waals surface area contributed by atoms with Gasteiger partial charge in [-0.1, -0.05) is 23.7 Å². The summed E-state index contributed by atoms with van der Waals surface area (Å²) in [7, 11) is 1.68. The van der Waals surface area contributed by atoms with Gasteiger partial charge >= 0.3 is 0 Å². The minimum Gasteiger partial charge on any atom is -0.493 e. The molecule has 3 aliphatic rings. The molecule has 0 saturated heterocycles. The van der Waals surface area contributed by atoms with Gasteiger partial charge in [0.05, 0.1) is 19.3 Å². The number of nitrogens with one attached hydrogen (secondary N) is 1. The number of halogens is 1. The normalized spacial score (nSPS) is 20.8. The van der Waals surface area contributed by atoms with E-state index in [9.17, 15) is 4.79 Å². The molecule has 182 valence electrons. The van der Waals surface area contributed by atoms with Gasteiger partial charge in [-0.05, 0) is 87.6 Å². The van der Waals surface area contributed by atoms with Gasteiger partial charge in [-0.3, -0.25) is 4.79 Å². The Morgan fingerprint density at radius 3 is 2.74 bits per heavy atom. The zero-order valence-corrected chi connectivity index (χ0v) is 20.7. The predicted molar refractivity (Wildman–Crippen MR) is 133 cm³/mol. The topological polar surface area (TPSA) is 56.8 Å². The molecule has 2 saturated carbocycles. The fourth-order valence-corrected chi connectivity index (χ4v) is 5.76. The van der Waals surface area contributed by atoms with Crippen LogP contribution < -0.4 is 19.5 Å². The molecule has 1 N–H and O–H groups in total. The van der Waals surface area contributed by atoms with Gasteiger partial charge in [0.15, 0.2) is 11.5 Å². The van der Waals surface area contributed by atoms with Crippen molar-refractivity contribution in [1.82, 2.24) is 5.32 Å². The Kier molecular flexibility index (Phi) is 6.91. The van der Waals surface area contributed by atoms with Crippen molar-refractivity contribution in [2.75, 3.05) is 7.11 Å². The van der Waals surface area contributed by atoms with Gasteiger partial charge in [-0.25, -0.2) is 0 Å². The van der Waals surface area contributed by atoms with Gasteiger partial charge in [0.2, 0.25) is 5.91 Å². The fourth-order valence-electron chi connectivity index (χ4n) is 5.58. The summed E-state index contributed by atoms with van der Waals surface area (Å²) in [4.78, 5) is 13.0. The van der Waals surface area contributed by atoms with Gasteiger partial charge in [0.25, 0.3) is 0 Å². The Balaban J connectivity index is 1.21. The van der Waals surface area contributed by atoms with Crippen LogP contribution in [0.15, 0.2) is 36.4 Å². The summed E-state index contributed by atoms with van der Waals surface area (Å²) >= 11 is 6.26. The summed E-state index contributed by atoms with van der Waals surface area (Å²) in [6.45, 7) is 0. The maximum absolute atomic E-state index is 13.0. The van der Waals surface area contributed by atoms with Crippen molar-refractivity contribution in [2.45, 2.75) is 88.4 Å². The van der Waals surface area contributed by atoms with Crippen LogP contribution in [0.5, 0.6) is 17.2 Å². The average molecular weight is 484 g/mol. The Bertz CT molecular complexity index is 1030. The molecule has 0 aromatic heterocycles. The number of benzene rings is 2. The first-order valence-electron chi connectivity index (χ1n) is 12.7. The molecule has 34 heavy (non-hydrogen) atoms. The van der Waals surface area contributed by atoms with Gasteiger partial charge < -0.3 is 19.5 Å². The monoisotopic (exact) mass is 483 g/mol. The van der Waals surface area contributed by atoms with Crippen LogP contribution in [-0.2, 0) is 11.2 Å². The van der Waals surface area contributed by atoms with E-state index in [1.165, 1.54) is 19.3 Å². The van der Waals surface area contributed by atoms with E-state index in [2.05, 4.69) is 11.4 Å². The zero-order valence-electron chi connectivity index (χ0n) is 19.9. The molecule has 2 fully saturated rings. The molecular formula is C28H34ClNO4. The molecule has 0 bridgehead atoms. The highest BCUT2D eigenvalue weighted by Crippen LogP contribution is 2.49. The van der Waals surface area contributed by atoms with Crippen LogP contribution in [-0.4, -0.2) is 24.7 Å². The summed E-state index contributed by atoms with van der Waals surface area (Å²) in [5.41, 5.74) is 1.96. The molecule has 1 atom stereocenters. The molecule has 1 heterocycles. The summed E-state index contributed by atoms with van der Waals surface area (Å²) in [5, 5.41) is 3.94. The van der Waals surface area contributed by atoms with Crippen molar-refractivity contribution in [2.24, 2.45) is 0 Å². The SMILES string of the molecule is COc1cccc(CCCC(=O)N[C@H]2CC3(CCC3)Oc3ccc(Cl)cc32)c1OC1CCCC1. The first kappa shape index (κ1) is 23.3. The minimum atomic E-state index is -0.133. The zero-order chi connectivity index (χ0) is 23.5. The Morgan fingerprint density at radius 2 is 2.00 bits per heavy atom. The van der Waals surface area contributed by atoms with Crippen LogP contribution in [0.25, 0.3) is 0 Å². The molecule has 2 aromatic rings. The number of hydrogen-bond acceptors (Lipinski definition) is 4. The van der Waals surface area contributed by atoms with Gasteiger partial charge in [0, 0.05) is 23.4 Å². The summed E-state index contributed by atoms with van der Waals surface area (Å²) in [5.74, 6) is 2.53. The number of hydrogen-bond donors (Lipinski definition) is 1. The molecule has 2 aliphatic carbocycles. The summed E-state index contributed by atoms with van der Waals surface area (Å²) < 4.78 is 18.2. The average Bonchev–Trinajstić information content (AvgIpc) is 3.32. The smallest absolute Gasteiger partial charge is 0.220 e. The molecule has 5 rings (SSSR count). The Hall–Kier alpha value is -2.40.